The second-order valence-corrected chi connectivity index (χ2v) is 5.14. The summed E-state index contributed by atoms with van der Waals surface area (Å²) in [6.07, 6.45) is 5.33. The number of fused-ring (bicyclic) bond motifs is 1. The van der Waals surface area contributed by atoms with E-state index in [0.29, 0.717) is 0 Å². The molecule has 3 aromatic rings. The van der Waals surface area contributed by atoms with Crippen LogP contribution in [-0.4, -0.2) is 19.8 Å². The Bertz CT molecular complexity index is 685. The molecular weight excluding hydrogens is 246 g/mol. The number of aromatic nitrogens is 5. The van der Waals surface area contributed by atoms with E-state index in [4.69, 9.17) is 0 Å². The molecular formula is C12H14N5S+. The van der Waals surface area contributed by atoms with Gasteiger partial charge in [-0.2, -0.15) is 9.61 Å². The van der Waals surface area contributed by atoms with Crippen molar-refractivity contribution in [2.24, 2.45) is 0 Å². The third-order valence-electron chi connectivity index (χ3n) is 2.73. The van der Waals surface area contributed by atoms with Crippen molar-refractivity contribution in [3.05, 3.63) is 30.4 Å². The molecule has 0 fully saturated rings. The molecule has 6 heteroatoms. The molecule has 0 amide bonds. The molecule has 3 rings (SSSR count). The number of rotatable bonds is 3. The molecule has 0 aliphatic heterocycles. The van der Waals surface area contributed by atoms with Gasteiger partial charge >= 0.3 is 0 Å². The van der Waals surface area contributed by atoms with Crippen LogP contribution in [0, 0.1) is 6.92 Å². The summed E-state index contributed by atoms with van der Waals surface area (Å²) in [7, 11) is 0. The van der Waals surface area contributed by atoms with Crippen molar-refractivity contribution in [2.45, 2.75) is 26.8 Å². The molecule has 0 bridgehead atoms. The summed E-state index contributed by atoms with van der Waals surface area (Å²) in [5, 5.41) is 13.6. The minimum Gasteiger partial charge on any atom is -0.204 e. The average molecular weight is 260 g/mol. The minimum atomic E-state index is 0.824. The number of hydrogen-bond donors (Lipinski definition) is 0. The van der Waals surface area contributed by atoms with Crippen molar-refractivity contribution in [2.75, 3.05) is 0 Å². The van der Waals surface area contributed by atoms with Gasteiger partial charge in [0.2, 0.25) is 4.96 Å². The van der Waals surface area contributed by atoms with E-state index in [1.165, 1.54) is 0 Å². The summed E-state index contributed by atoms with van der Waals surface area (Å²) in [6.45, 7) is 5.11. The van der Waals surface area contributed by atoms with Crippen LogP contribution in [0.1, 0.15) is 19.2 Å². The van der Waals surface area contributed by atoms with Gasteiger partial charge in [-0.15, -0.1) is 10.2 Å². The first-order valence-electron chi connectivity index (χ1n) is 5.96. The molecule has 3 heterocycles. The highest BCUT2D eigenvalue weighted by molar-refractivity contribution is 7.19. The number of aryl methyl sites for hydroxylation is 2. The normalized spacial score (nSPS) is 11.2. The molecule has 3 aromatic heterocycles. The fourth-order valence-electron chi connectivity index (χ4n) is 1.88. The Labute approximate surface area is 109 Å². The Morgan fingerprint density at radius 1 is 1.39 bits per heavy atom. The van der Waals surface area contributed by atoms with Crippen LogP contribution in [0.25, 0.3) is 15.5 Å². The van der Waals surface area contributed by atoms with Crippen molar-refractivity contribution in [3.63, 3.8) is 0 Å². The molecule has 0 radical (unpaired) electrons. The Balaban J connectivity index is 2.05. The van der Waals surface area contributed by atoms with Gasteiger partial charge in [0.1, 0.15) is 6.54 Å². The van der Waals surface area contributed by atoms with Crippen molar-refractivity contribution in [1.29, 1.82) is 0 Å². The van der Waals surface area contributed by atoms with Crippen molar-refractivity contribution < 1.29 is 4.57 Å². The van der Waals surface area contributed by atoms with E-state index >= 15 is 0 Å². The standard InChI is InChI=1S/C12H14N5S/c1-3-6-16-7-4-5-10(8-16)11-15-17-9(2)13-14-12(17)18-11/h4-5,7-8H,3,6H2,1-2H3/q+1. The van der Waals surface area contributed by atoms with Crippen LogP contribution in [0.3, 0.4) is 0 Å². The molecule has 0 spiro atoms. The van der Waals surface area contributed by atoms with Gasteiger partial charge in [0.05, 0.1) is 5.56 Å². The smallest absolute Gasteiger partial charge is 0.204 e. The second-order valence-electron chi connectivity index (χ2n) is 4.18. The maximum absolute atomic E-state index is 4.54. The van der Waals surface area contributed by atoms with Crippen molar-refractivity contribution in [3.8, 4) is 10.6 Å². The van der Waals surface area contributed by atoms with Crippen LogP contribution in [0.4, 0.5) is 0 Å². The lowest BCUT2D eigenvalue weighted by atomic mass is 10.3. The van der Waals surface area contributed by atoms with Crippen LogP contribution in [0.2, 0.25) is 0 Å². The largest absolute Gasteiger partial charge is 0.234 e. The fraction of sp³-hybridized carbons (Fsp3) is 0.333. The van der Waals surface area contributed by atoms with E-state index in [1.54, 1.807) is 15.9 Å². The molecule has 0 aliphatic carbocycles. The highest BCUT2D eigenvalue weighted by atomic mass is 32.1. The molecule has 0 N–H and O–H groups in total. The van der Waals surface area contributed by atoms with Crippen LogP contribution in [-0.2, 0) is 6.54 Å². The average Bonchev–Trinajstić information content (AvgIpc) is 2.93. The zero-order valence-corrected chi connectivity index (χ0v) is 11.2. The summed E-state index contributed by atoms with van der Waals surface area (Å²) in [4.78, 5) is 0.841. The summed E-state index contributed by atoms with van der Waals surface area (Å²) < 4.78 is 3.97. The number of nitrogens with zero attached hydrogens (tertiary/aromatic N) is 5. The first kappa shape index (κ1) is 11.3. The van der Waals surface area contributed by atoms with E-state index in [0.717, 1.165) is 34.3 Å². The quantitative estimate of drug-likeness (QED) is 0.675. The molecule has 0 unspecified atom stereocenters. The highest BCUT2D eigenvalue weighted by Crippen LogP contribution is 2.23. The monoisotopic (exact) mass is 260 g/mol. The lowest BCUT2D eigenvalue weighted by Crippen LogP contribution is -2.32. The maximum atomic E-state index is 4.54. The summed E-state index contributed by atoms with van der Waals surface area (Å²) in [5.74, 6) is 0.824. The zero-order valence-electron chi connectivity index (χ0n) is 10.4. The predicted octanol–water partition coefficient (Wildman–Crippen LogP) is 1.86. The van der Waals surface area contributed by atoms with Gasteiger partial charge in [0.25, 0.3) is 0 Å². The van der Waals surface area contributed by atoms with Crippen LogP contribution in [0.5, 0.6) is 0 Å². The SMILES string of the molecule is CCC[n+]1cccc(-c2nn3c(C)nnc3s2)c1. The molecule has 0 saturated carbocycles. The molecule has 0 atom stereocenters. The van der Waals surface area contributed by atoms with Gasteiger partial charge in [0.15, 0.2) is 23.2 Å². The van der Waals surface area contributed by atoms with Gasteiger partial charge in [0, 0.05) is 12.5 Å². The van der Waals surface area contributed by atoms with Gasteiger partial charge in [-0.3, -0.25) is 0 Å². The van der Waals surface area contributed by atoms with Gasteiger partial charge in [-0.1, -0.05) is 18.3 Å². The molecule has 5 nitrogen and oxygen atoms in total. The topological polar surface area (TPSA) is 47.0 Å². The summed E-state index contributed by atoms with van der Waals surface area (Å²) >= 11 is 1.56. The van der Waals surface area contributed by atoms with Crippen LogP contribution in [0.15, 0.2) is 24.5 Å². The Kier molecular flexibility index (Phi) is 2.79. The molecule has 0 saturated heterocycles. The van der Waals surface area contributed by atoms with Crippen molar-refractivity contribution >= 4 is 16.3 Å². The van der Waals surface area contributed by atoms with Crippen LogP contribution < -0.4 is 4.57 Å². The minimum absolute atomic E-state index is 0.824. The van der Waals surface area contributed by atoms with Crippen molar-refractivity contribution in [1.82, 2.24) is 19.8 Å². The van der Waals surface area contributed by atoms with E-state index in [2.05, 4.69) is 51.3 Å². The summed E-state index contributed by atoms with van der Waals surface area (Å²) in [6, 6.07) is 4.13. The lowest BCUT2D eigenvalue weighted by Gasteiger charge is -1.96. The molecule has 0 aliphatic rings. The first-order valence-corrected chi connectivity index (χ1v) is 6.78. The van der Waals surface area contributed by atoms with E-state index < -0.39 is 0 Å². The third kappa shape index (κ3) is 1.88. The second kappa shape index (κ2) is 4.45. The lowest BCUT2D eigenvalue weighted by molar-refractivity contribution is -0.696. The van der Waals surface area contributed by atoms with Crippen LogP contribution >= 0.6 is 11.3 Å². The van der Waals surface area contributed by atoms with Gasteiger partial charge in [-0.05, 0) is 13.0 Å². The van der Waals surface area contributed by atoms with Gasteiger partial charge in [-0.25, -0.2) is 4.57 Å². The predicted molar refractivity (Wildman–Crippen MR) is 69.3 cm³/mol. The van der Waals surface area contributed by atoms with E-state index in [-0.39, 0.29) is 0 Å². The van der Waals surface area contributed by atoms with Gasteiger partial charge < -0.3 is 0 Å². The molecule has 18 heavy (non-hydrogen) atoms. The van der Waals surface area contributed by atoms with E-state index in [9.17, 15) is 0 Å². The third-order valence-corrected chi connectivity index (χ3v) is 3.68. The number of pyridine rings is 1. The fourth-order valence-corrected chi connectivity index (χ4v) is 2.75. The highest BCUT2D eigenvalue weighted by Gasteiger charge is 2.12. The summed E-state index contributed by atoms with van der Waals surface area (Å²) in [5.41, 5.74) is 1.13. The molecule has 92 valence electrons. The zero-order chi connectivity index (χ0) is 12.5. The first-order chi connectivity index (χ1) is 8.78. The Hall–Kier alpha value is -1.82. The maximum Gasteiger partial charge on any atom is 0.234 e. The Morgan fingerprint density at radius 3 is 3.06 bits per heavy atom. The molecule has 0 aromatic carbocycles. The van der Waals surface area contributed by atoms with E-state index in [1.807, 2.05) is 6.92 Å². The Morgan fingerprint density at radius 2 is 2.28 bits per heavy atom. The number of hydrogen-bond acceptors (Lipinski definition) is 4.